The van der Waals surface area contributed by atoms with Crippen molar-refractivity contribution in [2.24, 2.45) is 0 Å². The quantitative estimate of drug-likeness (QED) is 0.188. The molecular formula is C44H28O. The first-order valence-electron chi connectivity index (χ1n) is 19.6. The molecule has 0 aliphatic rings. The fraction of sp³-hybridized carbons (Fsp3) is 0. The van der Waals surface area contributed by atoms with Gasteiger partial charge in [-0.05, 0) is 90.3 Å². The summed E-state index contributed by atoms with van der Waals surface area (Å²) >= 11 is 0. The lowest BCUT2D eigenvalue weighted by Gasteiger charge is -2.18. The van der Waals surface area contributed by atoms with E-state index in [9.17, 15) is 0 Å². The molecule has 0 unspecified atom stereocenters. The molecule has 1 nitrogen and oxygen atoms in total. The van der Waals surface area contributed by atoms with Gasteiger partial charge in [0.15, 0.2) is 0 Å². The van der Waals surface area contributed by atoms with Crippen LogP contribution in [-0.4, -0.2) is 0 Å². The van der Waals surface area contributed by atoms with Crippen LogP contribution in [0.3, 0.4) is 0 Å². The van der Waals surface area contributed by atoms with Crippen molar-refractivity contribution in [1.82, 2.24) is 0 Å². The van der Waals surface area contributed by atoms with Gasteiger partial charge in [-0.2, -0.15) is 0 Å². The minimum Gasteiger partial charge on any atom is -0.456 e. The molecule has 0 atom stereocenters. The van der Waals surface area contributed by atoms with Crippen molar-refractivity contribution in [2.75, 3.05) is 0 Å². The molecule has 8 aromatic carbocycles. The second-order valence-corrected chi connectivity index (χ2v) is 10.9. The predicted octanol–water partition coefficient (Wildman–Crippen LogP) is 12.6. The Kier molecular flexibility index (Phi) is 4.01. The molecule has 0 fully saturated rings. The Labute approximate surface area is 275 Å². The van der Waals surface area contributed by atoms with Crippen LogP contribution in [0.2, 0.25) is 0 Å². The Morgan fingerprint density at radius 1 is 0.333 bits per heavy atom. The number of benzene rings is 8. The van der Waals surface area contributed by atoms with Gasteiger partial charge in [0.05, 0.1) is 13.7 Å². The molecule has 0 spiro atoms. The van der Waals surface area contributed by atoms with Crippen LogP contribution in [0.5, 0.6) is 0 Å². The van der Waals surface area contributed by atoms with Gasteiger partial charge in [-0.15, -0.1) is 0 Å². The van der Waals surface area contributed by atoms with Gasteiger partial charge in [-0.25, -0.2) is 0 Å². The highest BCUT2D eigenvalue weighted by molar-refractivity contribution is 6.22. The summed E-state index contributed by atoms with van der Waals surface area (Å²) in [5, 5.41) is 5.81. The second kappa shape index (κ2) is 10.4. The molecule has 0 saturated heterocycles. The van der Waals surface area contributed by atoms with E-state index in [4.69, 9.17) is 18.1 Å². The third kappa shape index (κ3) is 4.24. The zero-order valence-electron chi connectivity index (χ0n) is 33.8. The first-order chi connectivity index (χ1) is 26.5. The van der Waals surface area contributed by atoms with E-state index in [0.717, 1.165) is 54.6 Å². The fourth-order valence-electron chi connectivity index (χ4n) is 6.43. The molecule has 9 rings (SSSR count). The van der Waals surface area contributed by atoms with Crippen LogP contribution in [0.25, 0.3) is 88.0 Å². The van der Waals surface area contributed by atoms with Crippen LogP contribution in [0.1, 0.15) is 13.7 Å². The van der Waals surface area contributed by atoms with E-state index >= 15 is 0 Å². The minimum atomic E-state index is -0.436. The van der Waals surface area contributed by atoms with Crippen molar-refractivity contribution in [2.45, 2.75) is 0 Å². The maximum Gasteiger partial charge on any atom is 0.136 e. The number of fused-ring (bicyclic) bond motifs is 5. The fourth-order valence-corrected chi connectivity index (χ4v) is 6.43. The molecule has 0 aliphatic carbocycles. The summed E-state index contributed by atoms with van der Waals surface area (Å²) in [5.41, 5.74) is 6.42. The standard InChI is InChI=1S/C44H28O/c1-3-11-29(12-4-1)31-19-21-32(22-20-31)43-36-15-7-9-17-38(36)44(39-18-10-8-16-37(39)43)34-24-26-41-40(27-34)35-25-23-33(28-42(35)45-41)30-13-5-2-6-14-30/h1-28H/i1D,2D,3D,4D,5D,6D,11D,12D,13D,14D. The molecule has 0 amide bonds. The van der Waals surface area contributed by atoms with Gasteiger partial charge in [0.1, 0.15) is 11.2 Å². The zero-order valence-corrected chi connectivity index (χ0v) is 23.8. The summed E-state index contributed by atoms with van der Waals surface area (Å²) in [6, 6.07) is 32.0. The number of rotatable bonds is 4. The summed E-state index contributed by atoms with van der Waals surface area (Å²) in [7, 11) is 0. The Balaban J connectivity index is 1.20. The first kappa shape index (κ1) is 17.4. The van der Waals surface area contributed by atoms with Gasteiger partial charge in [-0.1, -0.05) is 145 Å². The van der Waals surface area contributed by atoms with Gasteiger partial charge >= 0.3 is 0 Å². The molecule has 45 heavy (non-hydrogen) atoms. The van der Waals surface area contributed by atoms with E-state index in [1.165, 1.54) is 0 Å². The van der Waals surface area contributed by atoms with Crippen LogP contribution >= 0.6 is 0 Å². The van der Waals surface area contributed by atoms with Gasteiger partial charge in [0, 0.05) is 10.8 Å². The van der Waals surface area contributed by atoms with Crippen molar-refractivity contribution < 1.29 is 18.1 Å². The Morgan fingerprint density at radius 3 is 1.42 bits per heavy atom. The number of hydrogen-bond acceptors (Lipinski definition) is 1. The van der Waals surface area contributed by atoms with Crippen LogP contribution in [0.15, 0.2) is 174 Å². The Hall–Kier alpha value is -5.92. The third-order valence-electron chi connectivity index (χ3n) is 8.44. The van der Waals surface area contributed by atoms with Gasteiger partial charge in [0.2, 0.25) is 0 Å². The van der Waals surface area contributed by atoms with Crippen molar-refractivity contribution in [3.63, 3.8) is 0 Å². The van der Waals surface area contributed by atoms with Gasteiger partial charge < -0.3 is 4.42 Å². The minimum absolute atomic E-state index is 0.121. The van der Waals surface area contributed by atoms with E-state index in [1.807, 2.05) is 66.7 Å². The summed E-state index contributed by atoms with van der Waals surface area (Å²) in [4.78, 5) is 0. The Morgan fingerprint density at radius 2 is 0.822 bits per heavy atom. The van der Waals surface area contributed by atoms with Crippen LogP contribution in [-0.2, 0) is 0 Å². The maximum atomic E-state index is 8.47. The first-order valence-corrected chi connectivity index (χ1v) is 14.6. The van der Waals surface area contributed by atoms with Crippen molar-refractivity contribution in [3.8, 4) is 44.5 Å². The maximum absolute atomic E-state index is 8.47. The summed E-state index contributed by atoms with van der Waals surface area (Å²) < 4.78 is 88.6. The lowest BCUT2D eigenvalue weighted by atomic mass is 9.85. The molecule has 0 bridgehead atoms. The average molecular weight is 583 g/mol. The average Bonchev–Trinajstić information content (AvgIpc) is 3.57. The molecule has 0 N–H and O–H groups in total. The molecule has 1 heteroatoms. The van der Waals surface area contributed by atoms with Crippen LogP contribution < -0.4 is 0 Å². The molecule has 210 valence electrons. The lowest BCUT2D eigenvalue weighted by molar-refractivity contribution is 0.669. The third-order valence-corrected chi connectivity index (χ3v) is 8.44. The van der Waals surface area contributed by atoms with Crippen LogP contribution in [0, 0.1) is 0 Å². The van der Waals surface area contributed by atoms with E-state index in [0.29, 0.717) is 22.3 Å². The lowest BCUT2D eigenvalue weighted by Crippen LogP contribution is -1.91. The van der Waals surface area contributed by atoms with Crippen molar-refractivity contribution >= 4 is 43.5 Å². The van der Waals surface area contributed by atoms with Crippen molar-refractivity contribution in [1.29, 1.82) is 0 Å². The van der Waals surface area contributed by atoms with Crippen molar-refractivity contribution in [3.05, 3.63) is 170 Å². The summed E-state index contributed by atoms with van der Waals surface area (Å²) in [5.74, 6) is 0. The predicted molar refractivity (Wildman–Crippen MR) is 190 cm³/mol. The molecule has 0 radical (unpaired) electrons. The highest BCUT2D eigenvalue weighted by Crippen LogP contribution is 2.45. The summed E-state index contributed by atoms with van der Waals surface area (Å²) in [6.07, 6.45) is 0. The highest BCUT2D eigenvalue weighted by Gasteiger charge is 2.18. The smallest absolute Gasteiger partial charge is 0.136 e. The normalized spacial score (nSPS) is 14.7. The zero-order chi connectivity index (χ0) is 38.4. The largest absolute Gasteiger partial charge is 0.456 e. The van der Waals surface area contributed by atoms with E-state index in [2.05, 4.69) is 30.3 Å². The van der Waals surface area contributed by atoms with Gasteiger partial charge in [0.25, 0.3) is 0 Å². The van der Waals surface area contributed by atoms with E-state index in [1.54, 1.807) is 12.1 Å². The van der Waals surface area contributed by atoms with Crippen LogP contribution in [0.4, 0.5) is 0 Å². The SMILES string of the molecule is [2H]c1c([2H])c([2H])c(-c2ccc(-c3c4ccccc4c(-c4ccc5oc6cc(-c7c([2H])c([2H])c([2H])c([2H])c7[2H])ccc6c5c4)c4ccccc34)cc2)c([2H])c1[2H]. The second-order valence-electron chi connectivity index (χ2n) is 10.9. The van der Waals surface area contributed by atoms with Gasteiger partial charge in [-0.3, -0.25) is 0 Å². The summed E-state index contributed by atoms with van der Waals surface area (Å²) in [6.45, 7) is 0. The molecule has 0 aliphatic heterocycles. The van der Waals surface area contributed by atoms with E-state index in [-0.39, 0.29) is 59.5 Å². The number of hydrogen-bond donors (Lipinski definition) is 0. The monoisotopic (exact) mass is 582 g/mol. The topological polar surface area (TPSA) is 13.1 Å². The highest BCUT2D eigenvalue weighted by atomic mass is 16.3. The molecule has 1 aromatic heterocycles. The molecule has 0 saturated carbocycles. The molecular weight excluding hydrogens is 544 g/mol. The molecule has 1 heterocycles. The number of furan rings is 1. The Bertz CT molecular complexity index is 2980. The van der Waals surface area contributed by atoms with E-state index < -0.39 is 12.1 Å². The molecule has 9 aromatic rings.